The molecule has 2 aromatic rings. The second-order valence-electron chi connectivity index (χ2n) is 4.25. The average molecular weight is 287 g/mol. The largest absolute Gasteiger partial charge is 0.493 e. The molecule has 0 saturated carbocycles. The Hall–Kier alpha value is -2.56. The zero-order chi connectivity index (χ0) is 15.2. The number of hydrogen-bond acceptors (Lipinski definition) is 5. The molecule has 5 heteroatoms. The van der Waals surface area contributed by atoms with Crippen LogP contribution in [0.25, 0.3) is 0 Å². The van der Waals surface area contributed by atoms with Gasteiger partial charge < -0.3 is 14.2 Å². The number of methoxy groups -OCH3 is 2. The zero-order valence-electron chi connectivity index (χ0n) is 12.3. The molecular weight excluding hydrogens is 270 g/mol. The van der Waals surface area contributed by atoms with E-state index in [1.165, 1.54) is 6.20 Å². The fourth-order valence-corrected chi connectivity index (χ4v) is 1.82. The van der Waals surface area contributed by atoms with Crippen LogP contribution in [0.3, 0.4) is 0 Å². The lowest BCUT2D eigenvalue weighted by Crippen LogP contribution is -2.00. The lowest BCUT2D eigenvalue weighted by Gasteiger charge is -2.13. The van der Waals surface area contributed by atoms with Crippen LogP contribution in [0.15, 0.2) is 36.5 Å². The molecule has 0 aliphatic carbocycles. The molecule has 1 aromatic carbocycles. The van der Waals surface area contributed by atoms with Crippen molar-refractivity contribution in [3.8, 4) is 23.0 Å². The van der Waals surface area contributed by atoms with Gasteiger partial charge >= 0.3 is 0 Å². The summed E-state index contributed by atoms with van der Waals surface area (Å²) in [4.78, 5) is 15.6. The molecule has 0 saturated heterocycles. The molecule has 0 aliphatic rings. The maximum Gasteiger partial charge on any atom is 0.211 e. The van der Waals surface area contributed by atoms with Crippen molar-refractivity contribution in [2.75, 3.05) is 14.2 Å². The summed E-state index contributed by atoms with van der Waals surface area (Å²) in [5, 5.41) is 0. The number of aromatic nitrogens is 1. The quantitative estimate of drug-likeness (QED) is 0.761. The molecule has 0 fully saturated rings. The van der Waals surface area contributed by atoms with Crippen LogP contribution < -0.4 is 14.2 Å². The highest BCUT2D eigenvalue weighted by Gasteiger charge is 2.13. The molecule has 1 aromatic heterocycles. The van der Waals surface area contributed by atoms with Gasteiger partial charge in [-0.2, -0.15) is 0 Å². The van der Waals surface area contributed by atoms with E-state index in [4.69, 9.17) is 14.2 Å². The summed E-state index contributed by atoms with van der Waals surface area (Å²) < 4.78 is 16.3. The molecule has 110 valence electrons. The minimum atomic E-state index is -0.00331. The van der Waals surface area contributed by atoms with Crippen molar-refractivity contribution >= 4 is 5.78 Å². The number of ketones is 1. The smallest absolute Gasteiger partial charge is 0.211 e. The van der Waals surface area contributed by atoms with Gasteiger partial charge in [0.15, 0.2) is 17.3 Å². The lowest BCUT2D eigenvalue weighted by atomic mass is 10.2. The van der Waals surface area contributed by atoms with Gasteiger partial charge in [0, 0.05) is 6.42 Å². The predicted octanol–water partition coefficient (Wildman–Crippen LogP) is 3.48. The van der Waals surface area contributed by atoms with Crippen LogP contribution in [0.5, 0.6) is 23.0 Å². The molecule has 0 aliphatic heterocycles. The first-order valence-corrected chi connectivity index (χ1v) is 6.57. The van der Waals surface area contributed by atoms with Crippen molar-refractivity contribution in [1.29, 1.82) is 0 Å². The Bertz CT molecular complexity index is 600. The highest BCUT2D eigenvalue weighted by molar-refractivity contribution is 5.93. The number of nitrogens with zero attached hydrogens (tertiary/aromatic N) is 1. The fourth-order valence-electron chi connectivity index (χ4n) is 1.82. The van der Waals surface area contributed by atoms with E-state index in [2.05, 4.69) is 4.98 Å². The summed E-state index contributed by atoms with van der Waals surface area (Å²) in [5.41, 5.74) is 0.428. The molecule has 2 rings (SSSR count). The van der Waals surface area contributed by atoms with E-state index < -0.39 is 0 Å². The van der Waals surface area contributed by atoms with Crippen LogP contribution >= 0.6 is 0 Å². The molecule has 0 amide bonds. The standard InChI is InChI=1S/C16H17NO4/c1-4-13(18)12-9-8-11(10-17-12)21-16-14(19-2)6-5-7-15(16)20-3/h5-10H,4H2,1-3H3. The Morgan fingerprint density at radius 2 is 1.76 bits per heavy atom. The lowest BCUT2D eigenvalue weighted by molar-refractivity contribution is 0.0983. The normalized spacial score (nSPS) is 10.0. The van der Waals surface area contributed by atoms with E-state index in [-0.39, 0.29) is 5.78 Å². The molecule has 5 nitrogen and oxygen atoms in total. The Kier molecular flexibility index (Phi) is 4.77. The molecule has 0 N–H and O–H groups in total. The van der Waals surface area contributed by atoms with Gasteiger partial charge in [-0.15, -0.1) is 0 Å². The van der Waals surface area contributed by atoms with Crippen molar-refractivity contribution in [2.24, 2.45) is 0 Å². The monoisotopic (exact) mass is 287 g/mol. The third-order valence-electron chi connectivity index (χ3n) is 2.95. The van der Waals surface area contributed by atoms with Gasteiger partial charge in [0.1, 0.15) is 11.4 Å². The first-order valence-electron chi connectivity index (χ1n) is 6.57. The number of pyridine rings is 1. The zero-order valence-corrected chi connectivity index (χ0v) is 12.3. The first-order chi connectivity index (χ1) is 10.2. The molecule has 21 heavy (non-hydrogen) atoms. The molecule has 0 atom stereocenters. The summed E-state index contributed by atoms with van der Waals surface area (Å²) in [7, 11) is 3.12. The average Bonchev–Trinajstić information content (AvgIpc) is 2.55. The molecule has 0 unspecified atom stereocenters. The number of para-hydroxylation sites is 1. The van der Waals surface area contributed by atoms with Crippen molar-refractivity contribution in [3.05, 3.63) is 42.2 Å². The van der Waals surface area contributed by atoms with Gasteiger partial charge in [-0.25, -0.2) is 4.98 Å². The number of benzene rings is 1. The van der Waals surface area contributed by atoms with Crippen LogP contribution in [0.1, 0.15) is 23.8 Å². The van der Waals surface area contributed by atoms with Gasteiger partial charge in [0.05, 0.1) is 20.4 Å². The Balaban J connectivity index is 2.28. The Labute approximate surface area is 123 Å². The summed E-state index contributed by atoms with van der Waals surface area (Å²) in [6.07, 6.45) is 1.93. The number of carbonyl (C=O) groups excluding carboxylic acids is 1. The summed E-state index contributed by atoms with van der Waals surface area (Å²) >= 11 is 0. The van der Waals surface area contributed by atoms with Gasteiger partial charge in [0.25, 0.3) is 0 Å². The summed E-state index contributed by atoms with van der Waals surface area (Å²) in [6, 6.07) is 8.71. The third kappa shape index (κ3) is 3.31. The van der Waals surface area contributed by atoms with Gasteiger partial charge in [0.2, 0.25) is 5.75 Å². The van der Waals surface area contributed by atoms with Crippen molar-refractivity contribution < 1.29 is 19.0 Å². The van der Waals surface area contributed by atoms with E-state index in [0.717, 1.165) is 0 Å². The predicted molar refractivity (Wildman–Crippen MR) is 78.5 cm³/mol. The number of ether oxygens (including phenoxy) is 3. The highest BCUT2D eigenvalue weighted by atomic mass is 16.5. The van der Waals surface area contributed by atoms with E-state index >= 15 is 0 Å². The summed E-state index contributed by atoms with van der Waals surface area (Å²) in [6.45, 7) is 1.80. The van der Waals surface area contributed by atoms with Gasteiger partial charge in [-0.1, -0.05) is 13.0 Å². The maximum absolute atomic E-state index is 11.5. The number of hydrogen-bond donors (Lipinski definition) is 0. The first kappa shape index (κ1) is 14.8. The second kappa shape index (κ2) is 6.74. The Morgan fingerprint density at radius 3 is 2.24 bits per heavy atom. The molecule has 1 heterocycles. The number of rotatable bonds is 6. The van der Waals surface area contributed by atoms with Crippen molar-refractivity contribution in [1.82, 2.24) is 4.98 Å². The number of Topliss-reactive ketones (excluding diaryl/α,β-unsaturated/α-hetero) is 1. The van der Waals surface area contributed by atoms with Crippen LogP contribution in [0.2, 0.25) is 0 Å². The fraction of sp³-hybridized carbons (Fsp3) is 0.250. The molecule has 0 bridgehead atoms. The number of carbonyl (C=O) groups is 1. The SMILES string of the molecule is CCC(=O)c1ccc(Oc2c(OC)cccc2OC)cn1. The Morgan fingerprint density at radius 1 is 1.10 bits per heavy atom. The van der Waals surface area contributed by atoms with Crippen LogP contribution in [0, 0.1) is 0 Å². The minimum Gasteiger partial charge on any atom is -0.493 e. The maximum atomic E-state index is 11.5. The minimum absolute atomic E-state index is 0.00331. The van der Waals surface area contributed by atoms with E-state index in [9.17, 15) is 4.79 Å². The summed E-state index contributed by atoms with van der Waals surface area (Å²) in [5.74, 6) is 2.09. The molecule has 0 spiro atoms. The van der Waals surface area contributed by atoms with Crippen LogP contribution in [-0.4, -0.2) is 25.0 Å². The van der Waals surface area contributed by atoms with Crippen molar-refractivity contribution in [2.45, 2.75) is 13.3 Å². The van der Waals surface area contributed by atoms with Gasteiger partial charge in [-0.05, 0) is 24.3 Å². The van der Waals surface area contributed by atoms with Crippen molar-refractivity contribution in [3.63, 3.8) is 0 Å². The topological polar surface area (TPSA) is 57.7 Å². The molecule has 0 radical (unpaired) electrons. The van der Waals surface area contributed by atoms with E-state index in [1.54, 1.807) is 45.4 Å². The van der Waals surface area contributed by atoms with Gasteiger partial charge in [-0.3, -0.25) is 4.79 Å². The van der Waals surface area contributed by atoms with E-state index in [1.807, 2.05) is 6.07 Å². The highest BCUT2D eigenvalue weighted by Crippen LogP contribution is 2.39. The molecular formula is C16H17NO4. The third-order valence-corrected chi connectivity index (χ3v) is 2.95. The van der Waals surface area contributed by atoms with Crippen LogP contribution in [-0.2, 0) is 0 Å². The second-order valence-corrected chi connectivity index (χ2v) is 4.25. The van der Waals surface area contributed by atoms with E-state index in [0.29, 0.717) is 35.1 Å². The van der Waals surface area contributed by atoms with Crippen LogP contribution in [0.4, 0.5) is 0 Å².